The maximum atomic E-state index is 13.4. The van der Waals surface area contributed by atoms with Crippen LogP contribution in [0.15, 0.2) is 78.2 Å². The lowest BCUT2D eigenvalue weighted by molar-refractivity contribution is 0.204. The molecule has 0 bridgehead atoms. The zero-order valence-electron chi connectivity index (χ0n) is 15.1. The lowest BCUT2D eigenvalue weighted by Gasteiger charge is -2.13. The van der Waals surface area contributed by atoms with Gasteiger partial charge in [-0.1, -0.05) is 23.9 Å². The predicted octanol–water partition coefficient (Wildman–Crippen LogP) is 4.43. The molecule has 0 radical (unpaired) electrons. The topological polar surface area (TPSA) is 63.8 Å². The zero-order chi connectivity index (χ0) is 20.2. The largest absolute Gasteiger partial charge is 0.388 e. The fraction of sp³-hybridized carbons (Fsp3) is 0.0952. The number of halogens is 2. The first kappa shape index (κ1) is 19.2. The Kier molecular flexibility index (Phi) is 5.64. The van der Waals surface area contributed by atoms with Crippen LogP contribution in [-0.4, -0.2) is 30.6 Å². The van der Waals surface area contributed by atoms with Crippen molar-refractivity contribution < 1.29 is 13.9 Å². The molecule has 4 aromatic rings. The molecule has 1 N–H and O–H groups in total. The Hall–Kier alpha value is -3.10. The van der Waals surface area contributed by atoms with Crippen molar-refractivity contribution in [2.45, 2.75) is 11.3 Å². The van der Waals surface area contributed by atoms with Gasteiger partial charge in [-0.2, -0.15) is 0 Å². The van der Waals surface area contributed by atoms with Crippen LogP contribution < -0.4 is 0 Å². The van der Waals surface area contributed by atoms with Gasteiger partial charge in [-0.3, -0.25) is 9.55 Å². The molecule has 0 fully saturated rings. The molecule has 0 saturated heterocycles. The molecule has 1 unspecified atom stereocenters. The van der Waals surface area contributed by atoms with Crippen molar-refractivity contribution in [2.24, 2.45) is 0 Å². The van der Waals surface area contributed by atoms with Crippen LogP contribution in [-0.2, 0) is 0 Å². The Labute approximate surface area is 170 Å². The van der Waals surface area contributed by atoms with E-state index in [1.807, 2.05) is 12.1 Å². The highest BCUT2D eigenvalue weighted by molar-refractivity contribution is 7.99. The van der Waals surface area contributed by atoms with E-state index in [0.717, 1.165) is 5.56 Å². The van der Waals surface area contributed by atoms with Crippen LogP contribution in [0.25, 0.3) is 17.1 Å². The van der Waals surface area contributed by atoms with Gasteiger partial charge >= 0.3 is 0 Å². The quantitative estimate of drug-likeness (QED) is 0.477. The number of pyridine rings is 1. The van der Waals surface area contributed by atoms with Crippen LogP contribution in [0.3, 0.4) is 0 Å². The number of aliphatic hydroxyl groups is 1. The SMILES string of the molecule is OC(CSc1nnc(-c2ccncc2)n1-c1ccc(F)cc1)c1ccc(F)cc1. The molecule has 0 spiro atoms. The van der Waals surface area contributed by atoms with Gasteiger partial charge in [-0.05, 0) is 54.1 Å². The van der Waals surface area contributed by atoms with E-state index in [2.05, 4.69) is 15.2 Å². The summed E-state index contributed by atoms with van der Waals surface area (Å²) in [6, 6.07) is 15.4. The number of aliphatic hydroxyl groups excluding tert-OH is 1. The highest BCUT2D eigenvalue weighted by Crippen LogP contribution is 2.30. The summed E-state index contributed by atoms with van der Waals surface area (Å²) in [5.41, 5.74) is 2.12. The average molecular weight is 410 g/mol. The van der Waals surface area contributed by atoms with Crippen molar-refractivity contribution in [1.82, 2.24) is 19.7 Å². The fourth-order valence-corrected chi connectivity index (χ4v) is 3.73. The molecule has 0 aliphatic heterocycles. The third-order valence-electron chi connectivity index (χ3n) is 4.28. The molecule has 5 nitrogen and oxygen atoms in total. The molecule has 0 saturated carbocycles. The molecule has 0 aliphatic carbocycles. The van der Waals surface area contributed by atoms with E-state index >= 15 is 0 Å². The van der Waals surface area contributed by atoms with E-state index in [0.29, 0.717) is 28.0 Å². The molecular weight excluding hydrogens is 394 g/mol. The van der Waals surface area contributed by atoms with Crippen LogP contribution in [0.1, 0.15) is 11.7 Å². The second-order valence-corrected chi connectivity index (χ2v) is 7.22. The first-order chi connectivity index (χ1) is 14.1. The Morgan fingerprint density at radius 2 is 1.48 bits per heavy atom. The van der Waals surface area contributed by atoms with Gasteiger partial charge in [-0.25, -0.2) is 8.78 Å². The van der Waals surface area contributed by atoms with Gasteiger partial charge in [0.05, 0.1) is 6.10 Å². The smallest absolute Gasteiger partial charge is 0.196 e. The lowest BCUT2D eigenvalue weighted by atomic mass is 10.1. The second-order valence-electron chi connectivity index (χ2n) is 6.23. The van der Waals surface area contributed by atoms with Crippen LogP contribution in [0.4, 0.5) is 8.78 Å². The predicted molar refractivity (Wildman–Crippen MR) is 107 cm³/mol. The van der Waals surface area contributed by atoms with Gasteiger partial charge in [0.2, 0.25) is 0 Å². The minimum absolute atomic E-state index is 0.293. The Morgan fingerprint density at radius 3 is 2.14 bits per heavy atom. The average Bonchev–Trinajstić information content (AvgIpc) is 3.17. The maximum absolute atomic E-state index is 13.4. The van der Waals surface area contributed by atoms with Crippen LogP contribution in [0, 0.1) is 11.6 Å². The standard InChI is InChI=1S/C21H16F2N4OS/c22-16-3-1-14(2-4-16)19(28)13-29-21-26-25-20(15-9-11-24-12-10-15)27(21)18-7-5-17(23)6-8-18/h1-12,19,28H,13H2. The van der Waals surface area contributed by atoms with E-state index in [9.17, 15) is 13.9 Å². The molecular formula is C21H16F2N4OS. The third-order valence-corrected chi connectivity index (χ3v) is 5.29. The fourth-order valence-electron chi connectivity index (χ4n) is 2.81. The maximum Gasteiger partial charge on any atom is 0.196 e. The molecule has 2 heterocycles. The van der Waals surface area contributed by atoms with Crippen molar-refractivity contribution >= 4 is 11.8 Å². The minimum atomic E-state index is -0.802. The first-order valence-corrected chi connectivity index (χ1v) is 9.78. The van der Waals surface area contributed by atoms with Gasteiger partial charge in [0, 0.05) is 29.4 Å². The van der Waals surface area contributed by atoms with E-state index in [4.69, 9.17) is 0 Å². The first-order valence-electron chi connectivity index (χ1n) is 8.80. The van der Waals surface area contributed by atoms with E-state index < -0.39 is 6.10 Å². The highest BCUT2D eigenvalue weighted by atomic mass is 32.2. The van der Waals surface area contributed by atoms with Gasteiger partial charge < -0.3 is 5.11 Å². The molecule has 4 rings (SSSR count). The van der Waals surface area contributed by atoms with E-state index in [-0.39, 0.29) is 11.6 Å². The minimum Gasteiger partial charge on any atom is -0.388 e. The van der Waals surface area contributed by atoms with Gasteiger partial charge in [0.25, 0.3) is 0 Å². The lowest BCUT2D eigenvalue weighted by Crippen LogP contribution is -2.04. The van der Waals surface area contributed by atoms with Crippen molar-refractivity contribution in [3.8, 4) is 17.1 Å². The summed E-state index contributed by atoms with van der Waals surface area (Å²) in [5.74, 6) is 0.180. The summed E-state index contributed by atoms with van der Waals surface area (Å²) in [6.07, 6.45) is 2.51. The summed E-state index contributed by atoms with van der Waals surface area (Å²) >= 11 is 1.30. The number of benzene rings is 2. The summed E-state index contributed by atoms with van der Waals surface area (Å²) in [6.45, 7) is 0. The molecule has 2 aromatic carbocycles. The zero-order valence-corrected chi connectivity index (χ0v) is 15.9. The Balaban J connectivity index is 1.65. The van der Waals surface area contributed by atoms with Crippen LogP contribution in [0.5, 0.6) is 0 Å². The monoisotopic (exact) mass is 410 g/mol. The second kappa shape index (κ2) is 8.50. The third kappa shape index (κ3) is 4.33. The molecule has 2 aromatic heterocycles. The number of rotatable bonds is 6. The molecule has 0 amide bonds. The molecule has 8 heteroatoms. The molecule has 29 heavy (non-hydrogen) atoms. The van der Waals surface area contributed by atoms with Gasteiger partial charge in [0.1, 0.15) is 11.6 Å². The number of thioether (sulfide) groups is 1. The van der Waals surface area contributed by atoms with Gasteiger partial charge in [0.15, 0.2) is 11.0 Å². The van der Waals surface area contributed by atoms with Crippen LogP contribution >= 0.6 is 11.8 Å². The number of nitrogens with zero attached hydrogens (tertiary/aromatic N) is 4. The van der Waals surface area contributed by atoms with Crippen LogP contribution in [0.2, 0.25) is 0 Å². The molecule has 1 atom stereocenters. The summed E-state index contributed by atoms with van der Waals surface area (Å²) in [4.78, 5) is 4.02. The number of aromatic nitrogens is 4. The number of hydrogen-bond donors (Lipinski definition) is 1. The Bertz CT molecular complexity index is 1090. The molecule has 0 aliphatic rings. The van der Waals surface area contributed by atoms with Crippen molar-refractivity contribution in [2.75, 3.05) is 5.75 Å². The van der Waals surface area contributed by atoms with Gasteiger partial charge in [-0.15, -0.1) is 10.2 Å². The highest BCUT2D eigenvalue weighted by Gasteiger charge is 2.18. The normalized spacial score (nSPS) is 12.1. The van der Waals surface area contributed by atoms with Crippen molar-refractivity contribution in [1.29, 1.82) is 0 Å². The molecule has 146 valence electrons. The van der Waals surface area contributed by atoms with Crippen molar-refractivity contribution in [3.05, 3.63) is 90.3 Å². The Morgan fingerprint density at radius 1 is 0.862 bits per heavy atom. The van der Waals surface area contributed by atoms with E-state index in [1.165, 1.54) is 36.0 Å². The van der Waals surface area contributed by atoms with Crippen molar-refractivity contribution in [3.63, 3.8) is 0 Å². The summed E-state index contributed by atoms with van der Waals surface area (Å²) < 4.78 is 28.3. The summed E-state index contributed by atoms with van der Waals surface area (Å²) in [5, 5.41) is 19.5. The number of hydrogen-bond acceptors (Lipinski definition) is 5. The van der Waals surface area contributed by atoms with E-state index in [1.54, 1.807) is 41.2 Å². The summed E-state index contributed by atoms with van der Waals surface area (Å²) in [7, 11) is 0.